The highest BCUT2D eigenvalue weighted by Crippen LogP contribution is 2.30. The number of rotatable bonds is 3. The molecule has 0 aliphatic heterocycles. The van der Waals surface area contributed by atoms with E-state index in [4.69, 9.17) is 5.26 Å². The molecule has 0 spiro atoms. The molecule has 0 aliphatic rings. The summed E-state index contributed by atoms with van der Waals surface area (Å²) in [5.41, 5.74) is -1.52. The van der Waals surface area contributed by atoms with Crippen molar-refractivity contribution in [2.45, 2.75) is 6.36 Å². The van der Waals surface area contributed by atoms with Crippen molar-refractivity contribution in [1.29, 1.82) is 5.26 Å². The van der Waals surface area contributed by atoms with Gasteiger partial charge in [0.1, 0.15) is 17.4 Å². The maximum atomic E-state index is 12.2. The van der Waals surface area contributed by atoms with Gasteiger partial charge in [-0.1, -0.05) is 0 Å². The lowest BCUT2D eigenvalue weighted by Gasteiger charge is -2.13. The SMILES string of the molecule is COC(=O)c1c(OC(F)(F)F)ccc(C=O)c1C#N. The summed E-state index contributed by atoms with van der Waals surface area (Å²) in [6, 6.07) is 3.19. The van der Waals surface area contributed by atoms with Crippen molar-refractivity contribution in [2.24, 2.45) is 0 Å². The number of ether oxygens (including phenoxy) is 2. The molecule has 1 aromatic rings. The predicted molar refractivity (Wildman–Crippen MR) is 54.6 cm³/mol. The molecule has 0 heterocycles. The number of methoxy groups -OCH3 is 1. The standard InChI is InChI=1S/C11H6F3NO4/c1-18-10(17)9-7(4-15)6(5-16)2-3-8(9)19-11(12,13)14/h2-3,5H,1H3. The van der Waals surface area contributed by atoms with Gasteiger partial charge < -0.3 is 9.47 Å². The van der Waals surface area contributed by atoms with Crippen LogP contribution in [0, 0.1) is 11.3 Å². The molecule has 0 aliphatic carbocycles. The Morgan fingerprint density at radius 1 is 1.42 bits per heavy atom. The largest absolute Gasteiger partial charge is 0.573 e. The van der Waals surface area contributed by atoms with Gasteiger partial charge in [0.05, 0.1) is 12.7 Å². The minimum atomic E-state index is -5.04. The number of alkyl halides is 3. The zero-order chi connectivity index (χ0) is 14.6. The second-order valence-corrected chi connectivity index (χ2v) is 3.17. The number of carbonyl (C=O) groups is 2. The molecular formula is C11H6F3NO4. The lowest BCUT2D eigenvalue weighted by Crippen LogP contribution is -2.20. The summed E-state index contributed by atoms with van der Waals surface area (Å²) in [7, 11) is 0.925. The fourth-order valence-corrected chi connectivity index (χ4v) is 1.33. The highest BCUT2D eigenvalue weighted by molar-refractivity contribution is 5.98. The highest BCUT2D eigenvalue weighted by atomic mass is 19.4. The second-order valence-electron chi connectivity index (χ2n) is 3.17. The van der Waals surface area contributed by atoms with Crippen LogP contribution < -0.4 is 4.74 Å². The van der Waals surface area contributed by atoms with Gasteiger partial charge in [0.25, 0.3) is 0 Å². The first-order valence-corrected chi connectivity index (χ1v) is 4.70. The van der Waals surface area contributed by atoms with Crippen LogP contribution in [0.4, 0.5) is 13.2 Å². The maximum absolute atomic E-state index is 12.2. The number of esters is 1. The van der Waals surface area contributed by atoms with Crippen LogP contribution in [-0.2, 0) is 4.74 Å². The molecule has 0 atom stereocenters. The number of nitrogens with zero attached hydrogens (tertiary/aromatic N) is 1. The van der Waals surface area contributed by atoms with Gasteiger partial charge in [-0.25, -0.2) is 4.79 Å². The Kier molecular flexibility index (Phi) is 4.11. The van der Waals surface area contributed by atoms with E-state index >= 15 is 0 Å². The Morgan fingerprint density at radius 2 is 2.05 bits per heavy atom. The molecule has 0 amide bonds. The van der Waals surface area contributed by atoms with Gasteiger partial charge in [0.2, 0.25) is 0 Å². The van der Waals surface area contributed by atoms with Crippen LogP contribution in [0.3, 0.4) is 0 Å². The van der Waals surface area contributed by atoms with Crippen molar-refractivity contribution >= 4 is 12.3 Å². The molecule has 100 valence electrons. The van der Waals surface area contributed by atoms with Gasteiger partial charge in [0.15, 0.2) is 6.29 Å². The third-order valence-electron chi connectivity index (χ3n) is 2.05. The first kappa shape index (κ1) is 14.5. The summed E-state index contributed by atoms with van der Waals surface area (Å²) < 4.78 is 44.5. The second kappa shape index (κ2) is 5.39. The summed E-state index contributed by atoms with van der Waals surface area (Å²) in [4.78, 5) is 22.1. The topological polar surface area (TPSA) is 76.4 Å². The number of benzene rings is 1. The van der Waals surface area contributed by atoms with E-state index in [9.17, 15) is 22.8 Å². The van der Waals surface area contributed by atoms with Gasteiger partial charge in [0, 0.05) is 5.56 Å². The Labute approximate surface area is 105 Å². The Bertz CT molecular complexity index is 560. The fraction of sp³-hybridized carbons (Fsp3) is 0.182. The Hall–Kier alpha value is -2.56. The minimum absolute atomic E-state index is 0.238. The molecule has 0 fully saturated rings. The van der Waals surface area contributed by atoms with E-state index in [1.54, 1.807) is 0 Å². The maximum Gasteiger partial charge on any atom is 0.573 e. The van der Waals surface area contributed by atoms with Crippen LogP contribution in [0.15, 0.2) is 12.1 Å². The van der Waals surface area contributed by atoms with Gasteiger partial charge in [-0.2, -0.15) is 5.26 Å². The van der Waals surface area contributed by atoms with E-state index in [1.165, 1.54) is 6.07 Å². The summed E-state index contributed by atoms with van der Waals surface area (Å²) >= 11 is 0. The van der Waals surface area contributed by atoms with Gasteiger partial charge in [-0.05, 0) is 12.1 Å². The van der Waals surface area contributed by atoms with Crippen molar-refractivity contribution in [1.82, 2.24) is 0 Å². The normalized spacial score (nSPS) is 10.5. The number of halogens is 3. The molecule has 0 radical (unpaired) electrons. The Morgan fingerprint density at radius 3 is 2.47 bits per heavy atom. The molecule has 1 aromatic carbocycles. The first-order chi connectivity index (χ1) is 8.84. The third kappa shape index (κ3) is 3.22. The predicted octanol–water partition coefficient (Wildman–Crippen LogP) is 2.06. The zero-order valence-corrected chi connectivity index (χ0v) is 9.45. The van der Waals surface area contributed by atoms with E-state index in [1.807, 2.05) is 0 Å². The fourth-order valence-electron chi connectivity index (χ4n) is 1.33. The van der Waals surface area contributed by atoms with E-state index < -0.39 is 29.2 Å². The van der Waals surface area contributed by atoms with Crippen LogP contribution in [0.5, 0.6) is 5.75 Å². The van der Waals surface area contributed by atoms with Crippen molar-refractivity contribution in [3.63, 3.8) is 0 Å². The van der Waals surface area contributed by atoms with E-state index in [0.29, 0.717) is 0 Å². The molecule has 0 saturated carbocycles. The van der Waals surface area contributed by atoms with Crippen molar-refractivity contribution in [3.8, 4) is 11.8 Å². The lowest BCUT2D eigenvalue weighted by atomic mass is 10.0. The lowest BCUT2D eigenvalue weighted by molar-refractivity contribution is -0.274. The molecule has 0 saturated heterocycles. The van der Waals surface area contributed by atoms with Crippen molar-refractivity contribution in [2.75, 3.05) is 7.11 Å². The average molecular weight is 273 g/mol. The molecule has 0 unspecified atom stereocenters. The molecular weight excluding hydrogens is 267 g/mol. The average Bonchev–Trinajstić information content (AvgIpc) is 2.35. The minimum Gasteiger partial charge on any atom is -0.465 e. The van der Waals surface area contributed by atoms with Crippen LogP contribution >= 0.6 is 0 Å². The van der Waals surface area contributed by atoms with Crippen LogP contribution in [0.1, 0.15) is 26.3 Å². The molecule has 0 aromatic heterocycles. The Balaban J connectivity index is 3.52. The van der Waals surface area contributed by atoms with E-state index in [-0.39, 0.29) is 11.8 Å². The van der Waals surface area contributed by atoms with Crippen LogP contribution in [0.25, 0.3) is 0 Å². The summed E-state index contributed by atoms with van der Waals surface area (Å²) in [6.07, 6.45) is -4.81. The molecule has 8 heteroatoms. The van der Waals surface area contributed by atoms with E-state index in [2.05, 4.69) is 9.47 Å². The number of aldehydes is 1. The monoisotopic (exact) mass is 273 g/mol. The number of hydrogen-bond acceptors (Lipinski definition) is 5. The van der Waals surface area contributed by atoms with Crippen LogP contribution in [0.2, 0.25) is 0 Å². The molecule has 19 heavy (non-hydrogen) atoms. The number of hydrogen-bond donors (Lipinski definition) is 0. The molecule has 0 bridgehead atoms. The van der Waals surface area contributed by atoms with Crippen molar-refractivity contribution < 1.29 is 32.2 Å². The molecule has 1 rings (SSSR count). The number of carbonyl (C=O) groups excluding carboxylic acids is 2. The zero-order valence-electron chi connectivity index (χ0n) is 9.45. The summed E-state index contributed by atoms with van der Waals surface area (Å²) in [5, 5.41) is 8.84. The third-order valence-corrected chi connectivity index (χ3v) is 2.05. The summed E-state index contributed by atoms with van der Waals surface area (Å²) in [5.74, 6) is -2.11. The molecule has 5 nitrogen and oxygen atoms in total. The first-order valence-electron chi connectivity index (χ1n) is 4.70. The molecule has 0 N–H and O–H groups in total. The quantitative estimate of drug-likeness (QED) is 0.622. The highest BCUT2D eigenvalue weighted by Gasteiger charge is 2.34. The van der Waals surface area contributed by atoms with Crippen molar-refractivity contribution in [3.05, 3.63) is 28.8 Å². The summed E-state index contributed by atoms with van der Waals surface area (Å²) in [6.45, 7) is 0. The van der Waals surface area contributed by atoms with E-state index in [0.717, 1.165) is 19.2 Å². The van der Waals surface area contributed by atoms with Gasteiger partial charge >= 0.3 is 12.3 Å². The van der Waals surface area contributed by atoms with Crippen LogP contribution in [-0.4, -0.2) is 25.7 Å². The van der Waals surface area contributed by atoms with Gasteiger partial charge in [-0.3, -0.25) is 4.79 Å². The smallest absolute Gasteiger partial charge is 0.465 e. The number of nitriles is 1. The van der Waals surface area contributed by atoms with Gasteiger partial charge in [-0.15, -0.1) is 13.2 Å².